The highest BCUT2D eigenvalue weighted by Gasteiger charge is 2.34. The first-order valence-electron chi connectivity index (χ1n) is 5.31. The van der Waals surface area contributed by atoms with Gasteiger partial charge in [-0.3, -0.25) is 4.90 Å². The van der Waals surface area contributed by atoms with Crippen LogP contribution in [0.2, 0.25) is 0 Å². The van der Waals surface area contributed by atoms with E-state index in [2.05, 4.69) is 0 Å². The summed E-state index contributed by atoms with van der Waals surface area (Å²) >= 11 is 0. The third-order valence-corrected chi connectivity index (χ3v) is 2.10. The Hall–Kier alpha value is -0.785. The summed E-state index contributed by atoms with van der Waals surface area (Å²) in [7, 11) is -1.87. The number of hydrogen-bond donors (Lipinski definition) is 2. The van der Waals surface area contributed by atoms with Crippen molar-refractivity contribution in [2.45, 2.75) is 45.4 Å². The summed E-state index contributed by atoms with van der Waals surface area (Å²) in [5.74, 6) is 0. The number of likely N-dealkylation sites (tertiary alicyclic amines) is 1. The maximum atomic E-state index is 11.7. The molecule has 6 nitrogen and oxygen atoms in total. The predicted octanol–water partition coefficient (Wildman–Crippen LogP) is 0.329. The van der Waals surface area contributed by atoms with Crippen LogP contribution in [0.3, 0.4) is 0 Å². The summed E-state index contributed by atoms with van der Waals surface area (Å²) in [6, 6.07) is 0. The van der Waals surface area contributed by atoms with Crippen LogP contribution in [-0.2, 0) is 9.39 Å². The minimum atomic E-state index is -1.87. The van der Waals surface area contributed by atoms with Crippen molar-refractivity contribution in [3.8, 4) is 0 Å². The molecule has 7 heteroatoms. The highest BCUT2D eigenvalue weighted by molar-refractivity contribution is 6.32. The molecule has 0 aromatic carbocycles. The van der Waals surface area contributed by atoms with Gasteiger partial charge in [0.1, 0.15) is 11.8 Å². The highest BCUT2D eigenvalue weighted by atomic mass is 16.6. The van der Waals surface area contributed by atoms with Crippen LogP contribution >= 0.6 is 0 Å². The fourth-order valence-electron chi connectivity index (χ4n) is 1.55. The van der Waals surface area contributed by atoms with Crippen LogP contribution in [0.1, 0.15) is 33.6 Å². The summed E-state index contributed by atoms with van der Waals surface area (Å²) in [5.41, 5.74) is -0.567. The first-order chi connectivity index (χ1) is 7.29. The van der Waals surface area contributed by atoms with Gasteiger partial charge in [-0.2, -0.15) is 0 Å². The smallest absolute Gasteiger partial charge is 0.444 e. The summed E-state index contributed by atoms with van der Waals surface area (Å²) in [5, 5.41) is 17.4. The summed E-state index contributed by atoms with van der Waals surface area (Å²) in [6.45, 7) is 5.83. The predicted molar refractivity (Wildman–Crippen MR) is 57.2 cm³/mol. The molecule has 16 heavy (non-hydrogen) atoms. The van der Waals surface area contributed by atoms with E-state index in [0.717, 1.165) is 6.42 Å². The molecule has 0 radical (unpaired) electrons. The lowest BCUT2D eigenvalue weighted by Gasteiger charge is -2.28. The molecule has 1 fully saturated rings. The third-order valence-electron chi connectivity index (χ3n) is 2.10. The van der Waals surface area contributed by atoms with Crippen LogP contribution < -0.4 is 0 Å². The normalized spacial score (nSPS) is 21.1. The molecular weight excluding hydrogens is 213 g/mol. The minimum Gasteiger partial charge on any atom is -0.444 e. The SMILES string of the molecule is CC(C)(C)OC(=O)N1CCCC1OB(O)O. The van der Waals surface area contributed by atoms with Gasteiger partial charge in [-0.05, 0) is 33.6 Å². The molecule has 1 aliphatic rings. The lowest BCUT2D eigenvalue weighted by atomic mass is 10.2. The van der Waals surface area contributed by atoms with Crippen molar-refractivity contribution in [2.75, 3.05) is 6.54 Å². The van der Waals surface area contributed by atoms with Gasteiger partial charge in [0.05, 0.1) is 0 Å². The molecule has 92 valence electrons. The maximum absolute atomic E-state index is 11.7. The number of rotatable bonds is 2. The van der Waals surface area contributed by atoms with Gasteiger partial charge in [0.15, 0.2) is 0 Å². The van der Waals surface area contributed by atoms with Crippen molar-refractivity contribution in [3.63, 3.8) is 0 Å². The molecule has 1 unspecified atom stereocenters. The molecule has 1 atom stereocenters. The van der Waals surface area contributed by atoms with E-state index >= 15 is 0 Å². The molecule has 0 bridgehead atoms. The molecule has 1 heterocycles. The quantitative estimate of drug-likeness (QED) is 0.669. The van der Waals surface area contributed by atoms with Gasteiger partial charge in [-0.1, -0.05) is 0 Å². The van der Waals surface area contributed by atoms with Crippen LogP contribution in [0, 0.1) is 0 Å². The Morgan fingerprint density at radius 1 is 1.44 bits per heavy atom. The monoisotopic (exact) mass is 231 g/mol. The Kier molecular flexibility index (Phi) is 4.18. The van der Waals surface area contributed by atoms with Crippen LogP contribution in [-0.4, -0.2) is 46.7 Å². The van der Waals surface area contributed by atoms with Gasteiger partial charge in [0.25, 0.3) is 0 Å². The zero-order valence-electron chi connectivity index (χ0n) is 9.84. The summed E-state index contributed by atoms with van der Waals surface area (Å²) in [6.07, 6.45) is 0.235. The van der Waals surface area contributed by atoms with E-state index in [1.165, 1.54) is 4.90 Å². The zero-order chi connectivity index (χ0) is 12.3. The van der Waals surface area contributed by atoms with Gasteiger partial charge >= 0.3 is 13.4 Å². The number of ether oxygens (including phenoxy) is 1. The number of hydrogen-bond acceptors (Lipinski definition) is 5. The molecular formula is C9H18BNO5. The first-order valence-corrected chi connectivity index (χ1v) is 5.31. The van der Waals surface area contributed by atoms with Crippen molar-refractivity contribution >= 4 is 13.4 Å². The van der Waals surface area contributed by atoms with E-state index in [9.17, 15) is 4.79 Å². The fraction of sp³-hybridized carbons (Fsp3) is 0.889. The van der Waals surface area contributed by atoms with Crippen molar-refractivity contribution in [1.82, 2.24) is 4.90 Å². The molecule has 1 aliphatic heterocycles. The Balaban J connectivity index is 2.54. The molecule has 0 spiro atoms. The van der Waals surface area contributed by atoms with Gasteiger partial charge in [-0.15, -0.1) is 0 Å². The van der Waals surface area contributed by atoms with Crippen LogP contribution in [0.15, 0.2) is 0 Å². The zero-order valence-corrected chi connectivity index (χ0v) is 9.84. The minimum absolute atomic E-state index is 0.490. The molecule has 0 aromatic heterocycles. The van der Waals surface area contributed by atoms with Gasteiger partial charge < -0.3 is 19.4 Å². The Bertz CT molecular complexity index is 253. The van der Waals surface area contributed by atoms with Crippen LogP contribution in [0.25, 0.3) is 0 Å². The highest BCUT2D eigenvalue weighted by Crippen LogP contribution is 2.21. The van der Waals surface area contributed by atoms with Gasteiger partial charge in [-0.25, -0.2) is 4.79 Å². The topological polar surface area (TPSA) is 79.2 Å². The number of carbonyl (C=O) groups excluding carboxylic acids is 1. The third kappa shape index (κ3) is 4.00. The number of nitrogens with zero attached hydrogens (tertiary/aromatic N) is 1. The second-order valence-electron chi connectivity index (χ2n) is 4.73. The van der Waals surface area contributed by atoms with Crippen LogP contribution in [0.5, 0.6) is 0 Å². The Labute approximate surface area is 95.3 Å². The van der Waals surface area contributed by atoms with E-state index in [4.69, 9.17) is 19.4 Å². The fourth-order valence-corrected chi connectivity index (χ4v) is 1.55. The second kappa shape index (κ2) is 5.03. The lowest BCUT2D eigenvalue weighted by Crippen LogP contribution is -2.43. The molecule has 1 saturated heterocycles. The van der Waals surface area contributed by atoms with Crippen LogP contribution in [0.4, 0.5) is 4.79 Å². The van der Waals surface area contributed by atoms with Crippen molar-refractivity contribution in [3.05, 3.63) is 0 Å². The van der Waals surface area contributed by atoms with E-state index in [0.29, 0.717) is 13.0 Å². The number of amides is 1. The molecule has 0 saturated carbocycles. The van der Waals surface area contributed by atoms with E-state index in [1.54, 1.807) is 20.8 Å². The average molecular weight is 231 g/mol. The largest absolute Gasteiger partial charge is 0.635 e. The van der Waals surface area contributed by atoms with E-state index in [1.807, 2.05) is 0 Å². The standard InChI is InChI=1S/C9H18BNO5/c1-9(2,3)15-8(12)11-6-4-5-7(11)16-10(13)14/h7,13-14H,4-6H2,1-3H3. The molecule has 0 aromatic rings. The molecule has 1 rings (SSSR count). The number of carbonyl (C=O) groups is 1. The van der Waals surface area contributed by atoms with Crippen molar-refractivity contribution in [2.24, 2.45) is 0 Å². The second-order valence-corrected chi connectivity index (χ2v) is 4.73. The Morgan fingerprint density at radius 3 is 2.56 bits per heavy atom. The first kappa shape index (κ1) is 13.3. The lowest BCUT2D eigenvalue weighted by molar-refractivity contribution is -0.0173. The average Bonchev–Trinajstić information content (AvgIpc) is 2.47. The summed E-state index contributed by atoms with van der Waals surface area (Å²) in [4.78, 5) is 13.1. The van der Waals surface area contributed by atoms with Crippen molar-refractivity contribution in [1.29, 1.82) is 0 Å². The van der Waals surface area contributed by atoms with Gasteiger partial charge in [0.2, 0.25) is 0 Å². The molecule has 0 aliphatic carbocycles. The maximum Gasteiger partial charge on any atom is 0.635 e. The van der Waals surface area contributed by atoms with Crippen molar-refractivity contribution < 1.29 is 24.2 Å². The van der Waals surface area contributed by atoms with E-state index in [-0.39, 0.29) is 0 Å². The molecule has 2 N–H and O–H groups in total. The molecule has 1 amide bonds. The van der Waals surface area contributed by atoms with E-state index < -0.39 is 25.2 Å². The Morgan fingerprint density at radius 2 is 2.06 bits per heavy atom. The van der Waals surface area contributed by atoms with Gasteiger partial charge in [0, 0.05) is 6.54 Å². The summed E-state index contributed by atoms with van der Waals surface area (Å²) < 4.78 is 9.97.